The lowest BCUT2D eigenvalue weighted by atomic mass is 9.85. The van der Waals surface area contributed by atoms with Crippen molar-refractivity contribution in [2.24, 2.45) is 0 Å². The Morgan fingerprint density at radius 1 is 1.33 bits per heavy atom. The third kappa shape index (κ3) is 2.69. The van der Waals surface area contributed by atoms with Crippen LogP contribution in [-0.2, 0) is 19.9 Å². The molecule has 1 atom stereocenters. The lowest BCUT2D eigenvalue weighted by Crippen LogP contribution is -2.41. The molecule has 0 fully saturated rings. The molecular formula is C16H18O5. The number of allylic oxidation sites excluding steroid dienone is 1. The lowest BCUT2D eigenvalue weighted by Gasteiger charge is -2.27. The molecule has 0 aliphatic heterocycles. The Morgan fingerprint density at radius 3 is 2.48 bits per heavy atom. The van der Waals surface area contributed by atoms with Crippen molar-refractivity contribution in [2.75, 3.05) is 13.7 Å². The van der Waals surface area contributed by atoms with Crippen molar-refractivity contribution < 1.29 is 24.2 Å². The molecule has 1 aliphatic rings. The van der Waals surface area contributed by atoms with Gasteiger partial charge in [-0.2, -0.15) is 0 Å². The van der Waals surface area contributed by atoms with E-state index in [0.29, 0.717) is 24.2 Å². The molecule has 1 aromatic rings. The zero-order valence-electron chi connectivity index (χ0n) is 12.1. The molecule has 0 spiro atoms. The number of ether oxygens (including phenoxy) is 2. The number of hydrogen-bond acceptors (Lipinski definition) is 5. The van der Waals surface area contributed by atoms with Crippen LogP contribution in [0, 0.1) is 0 Å². The molecule has 2 rings (SSSR count). The molecule has 5 heteroatoms. The van der Waals surface area contributed by atoms with E-state index in [9.17, 15) is 14.7 Å². The summed E-state index contributed by atoms with van der Waals surface area (Å²) in [7, 11) is 1.52. The van der Waals surface area contributed by atoms with Crippen LogP contribution in [0.3, 0.4) is 0 Å². The van der Waals surface area contributed by atoms with Crippen molar-refractivity contribution >= 4 is 11.8 Å². The molecular weight excluding hydrogens is 272 g/mol. The van der Waals surface area contributed by atoms with Gasteiger partial charge in [0.25, 0.3) is 0 Å². The fourth-order valence-electron chi connectivity index (χ4n) is 2.40. The smallest absolute Gasteiger partial charge is 0.347 e. The van der Waals surface area contributed by atoms with Crippen molar-refractivity contribution in [1.29, 1.82) is 0 Å². The first-order valence-corrected chi connectivity index (χ1v) is 6.82. The van der Waals surface area contributed by atoms with Crippen molar-refractivity contribution in [3.05, 3.63) is 41.5 Å². The Balaban J connectivity index is 2.49. The van der Waals surface area contributed by atoms with Crippen LogP contribution in [0.25, 0.3) is 0 Å². The fraction of sp³-hybridized carbons (Fsp3) is 0.375. The second-order valence-electron chi connectivity index (χ2n) is 4.74. The van der Waals surface area contributed by atoms with E-state index in [-0.39, 0.29) is 18.0 Å². The molecule has 112 valence electrons. The third-order valence-corrected chi connectivity index (χ3v) is 3.49. The normalized spacial score (nSPS) is 17.1. The molecule has 0 heterocycles. The summed E-state index contributed by atoms with van der Waals surface area (Å²) in [6.45, 7) is 1.77. The molecule has 1 aliphatic carbocycles. The quantitative estimate of drug-likeness (QED) is 0.836. The van der Waals surface area contributed by atoms with E-state index in [2.05, 4.69) is 0 Å². The Morgan fingerprint density at radius 2 is 2.00 bits per heavy atom. The molecule has 0 radical (unpaired) electrons. The topological polar surface area (TPSA) is 72.8 Å². The first-order valence-electron chi connectivity index (χ1n) is 6.82. The summed E-state index contributed by atoms with van der Waals surface area (Å²) in [4.78, 5) is 24.2. The molecule has 0 amide bonds. The summed E-state index contributed by atoms with van der Waals surface area (Å²) >= 11 is 0. The Kier molecular flexibility index (Phi) is 4.43. The van der Waals surface area contributed by atoms with Gasteiger partial charge in [-0.3, -0.25) is 4.79 Å². The zero-order valence-corrected chi connectivity index (χ0v) is 12.1. The van der Waals surface area contributed by atoms with E-state index in [1.54, 1.807) is 37.3 Å². The number of benzene rings is 1. The molecule has 1 N–H and O–H groups in total. The standard InChI is InChI=1S/C16H18O5/c1-3-21-15(18)16(19,13-5-4-6-14(13)17)11-7-9-12(20-2)10-8-11/h5,7-10,19H,3-4,6H2,1-2H3. The predicted octanol–water partition coefficient (Wildman–Crippen LogP) is 1.74. The van der Waals surface area contributed by atoms with Crippen LogP contribution in [0.5, 0.6) is 5.75 Å². The Labute approximate surface area is 123 Å². The Bertz CT molecular complexity index is 573. The average Bonchev–Trinajstić information content (AvgIpc) is 2.93. The molecule has 0 saturated carbocycles. The third-order valence-electron chi connectivity index (χ3n) is 3.49. The van der Waals surface area contributed by atoms with Gasteiger partial charge in [-0.05, 0) is 31.0 Å². The highest BCUT2D eigenvalue weighted by Crippen LogP contribution is 2.36. The van der Waals surface area contributed by atoms with Gasteiger partial charge >= 0.3 is 5.97 Å². The van der Waals surface area contributed by atoms with Gasteiger partial charge in [0, 0.05) is 12.0 Å². The maximum atomic E-state index is 12.3. The van der Waals surface area contributed by atoms with Crippen LogP contribution in [0.4, 0.5) is 0 Å². The summed E-state index contributed by atoms with van der Waals surface area (Å²) in [5.74, 6) is -0.477. The van der Waals surface area contributed by atoms with Gasteiger partial charge < -0.3 is 14.6 Å². The minimum atomic E-state index is -2.06. The van der Waals surface area contributed by atoms with Crippen molar-refractivity contribution in [1.82, 2.24) is 0 Å². The maximum absolute atomic E-state index is 12.3. The number of Topliss-reactive ketones (excluding diaryl/α,β-unsaturated/α-hetero) is 1. The minimum absolute atomic E-state index is 0.0890. The number of carbonyl (C=O) groups is 2. The molecule has 1 unspecified atom stereocenters. The highest BCUT2D eigenvalue weighted by molar-refractivity contribution is 6.06. The van der Waals surface area contributed by atoms with Gasteiger partial charge in [0.1, 0.15) is 5.75 Å². The van der Waals surface area contributed by atoms with E-state index in [1.807, 2.05) is 0 Å². The molecule has 5 nitrogen and oxygen atoms in total. The predicted molar refractivity (Wildman–Crippen MR) is 75.8 cm³/mol. The van der Waals surface area contributed by atoms with Gasteiger partial charge in [-0.25, -0.2) is 4.79 Å². The number of carbonyl (C=O) groups excluding carboxylic acids is 2. The van der Waals surface area contributed by atoms with Gasteiger partial charge in [0.2, 0.25) is 5.60 Å². The summed E-state index contributed by atoms with van der Waals surface area (Å²) in [6, 6.07) is 6.36. The van der Waals surface area contributed by atoms with Crippen LogP contribution >= 0.6 is 0 Å². The first kappa shape index (κ1) is 15.3. The number of rotatable bonds is 5. The Hall–Kier alpha value is -2.14. The highest BCUT2D eigenvalue weighted by atomic mass is 16.5. The zero-order chi connectivity index (χ0) is 15.5. The largest absolute Gasteiger partial charge is 0.497 e. The van der Waals surface area contributed by atoms with Crippen LogP contribution in [0.1, 0.15) is 25.3 Å². The van der Waals surface area contributed by atoms with E-state index >= 15 is 0 Å². The van der Waals surface area contributed by atoms with Crippen LogP contribution in [0.15, 0.2) is 35.9 Å². The van der Waals surface area contributed by atoms with E-state index in [1.165, 1.54) is 7.11 Å². The van der Waals surface area contributed by atoms with E-state index in [4.69, 9.17) is 9.47 Å². The maximum Gasteiger partial charge on any atom is 0.347 e. The van der Waals surface area contributed by atoms with Gasteiger partial charge in [0.05, 0.1) is 13.7 Å². The molecule has 21 heavy (non-hydrogen) atoms. The number of methoxy groups -OCH3 is 1. The molecule has 0 saturated heterocycles. The number of esters is 1. The monoisotopic (exact) mass is 290 g/mol. The second kappa shape index (κ2) is 6.10. The molecule has 1 aromatic carbocycles. The summed E-state index contributed by atoms with van der Waals surface area (Å²) in [6.07, 6.45) is 2.42. The molecule has 0 bridgehead atoms. The molecule has 0 aromatic heterocycles. The fourth-order valence-corrected chi connectivity index (χ4v) is 2.40. The van der Waals surface area contributed by atoms with Crippen molar-refractivity contribution in [3.8, 4) is 5.75 Å². The summed E-state index contributed by atoms with van der Waals surface area (Å²) in [5.41, 5.74) is -1.68. The SMILES string of the molecule is CCOC(=O)C(O)(C1=CCCC1=O)c1ccc(OC)cc1. The van der Waals surface area contributed by atoms with E-state index < -0.39 is 11.6 Å². The number of ketones is 1. The number of aliphatic hydroxyl groups is 1. The van der Waals surface area contributed by atoms with Gasteiger partial charge in [-0.15, -0.1) is 0 Å². The van der Waals surface area contributed by atoms with E-state index in [0.717, 1.165) is 0 Å². The highest BCUT2D eigenvalue weighted by Gasteiger charge is 2.47. The first-order chi connectivity index (χ1) is 10.0. The lowest BCUT2D eigenvalue weighted by molar-refractivity contribution is -0.163. The van der Waals surface area contributed by atoms with Crippen LogP contribution < -0.4 is 4.74 Å². The number of hydrogen-bond donors (Lipinski definition) is 1. The summed E-state index contributed by atoms with van der Waals surface area (Å²) < 4.78 is 10.0. The summed E-state index contributed by atoms with van der Waals surface area (Å²) in [5, 5.41) is 10.9. The second-order valence-corrected chi connectivity index (χ2v) is 4.74. The van der Waals surface area contributed by atoms with Gasteiger partial charge in [-0.1, -0.05) is 18.2 Å². The van der Waals surface area contributed by atoms with Crippen LogP contribution in [-0.4, -0.2) is 30.6 Å². The van der Waals surface area contributed by atoms with Crippen LogP contribution in [0.2, 0.25) is 0 Å². The van der Waals surface area contributed by atoms with Crippen molar-refractivity contribution in [3.63, 3.8) is 0 Å². The van der Waals surface area contributed by atoms with Gasteiger partial charge in [0.15, 0.2) is 5.78 Å². The minimum Gasteiger partial charge on any atom is -0.497 e. The van der Waals surface area contributed by atoms with Crippen molar-refractivity contribution in [2.45, 2.75) is 25.4 Å². The average molecular weight is 290 g/mol.